The average molecular weight is 494 g/mol. The van der Waals surface area contributed by atoms with Crippen molar-refractivity contribution in [1.29, 1.82) is 0 Å². The van der Waals surface area contributed by atoms with Crippen LogP contribution in [0, 0.1) is 17.8 Å². The van der Waals surface area contributed by atoms with Gasteiger partial charge in [0.25, 0.3) is 0 Å². The van der Waals surface area contributed by atoms with E-state index in [1.54, 1.807) is 29.2 Å². The third-order valence-corrected chi connectivity index (χ3v) is 8.68. The van der Waals surface area contributed by atoms with E-state index < -0.39 is 29.6 Å². The molecule has 8 nitrogen and oxygen atoms in total. The summed E-state index contributed by atoms with van der Waals surface area (Å²) in [5.41, 5.74) is -0.456. The number of hydrogen-bond acceptors (Lipinski definition) is 5. The lowest BCUT2D eigenvalue weighted by molar-refractivity contribution is -0.142. The van der Waals surface area contributed by atoms with Crippen LogP contribution in [-0.2, 0) is 19.1 Å². The molecular weight excluding hydrogens is 458 g/mol. The van der Waals surface area contributed by atoms with E-state index in [0.717, 1.165) is 37.9 Å². The molecule has 3 heterocycles. The second kappa shape index (κ2) is 8.91. The lowest BCUT2D eigenvalue weighted by atomic mass is 9.74. The van der Waals surface area contributed by atoms with E-state index in [2.05, 4.69) is 17.6 Å². The number of carbonyl (C=O) groups excluding carboxylic acids is 3. The summed E-state index contributed by atoms with van der Waals surface area (Å²) >= 11 is 0. The Hall–Kier alpha value is -2.87. The highest BCUT2D eigenvalue weighted by Gasteiger charge is 2.74. The molecule has 0 aromatic heterocycles. The summed E-state index contributed by atoms with van der Waals surface area (Å²) in [6.07, 6.45) is 9.35. The maximum atomic E-state index is 13.8. The molecule has 2 N–H and O–H groups in total. The molecule has 2 bridgehead atoms. The van der Waals surface area contributed by atoms with Crippen molar-refractivity contribution in [3.8, 4) is 5.75 Å². The third-order valence-electron chi connectivity index (χ3n) is 8.68. The van der Waals surface area contributed by atoms with Crippen molar-refractivity contribution in [3.63, 3.8) is 0 Å². The number of anilines is 1. The highest BCUT2D eigenvalue weighted by molar-refractivity contribution is 6.03. The molecule has 3 aliphatic heterocycles. The summed E-state index contributed by atoms with van der Waals surface area (Å²) in [6, 6.07) is 6.61. The second-order valence-electron chi connectivity index (χ2n) is 11.0. The molecule has 2 aliphatic carbocycles. The Kier molecular flexibility index (Phi) is 5.82. The first-order chi connectivity index (χ1) is 17.4. The van der Waals surface area contributed by atoms with Crippen LogP contribution in [0.25, 0.3) is 0 Å². The molecule has 192 valence electrons. The third kappa shape index (κ3) is 3.72. The highest BCUT2D eigenvalue weighted by atomic mass is 16.5. The van der Waals surface area contributed by atoms with Crippen LogP contribution in [0.15, 0.2) is 36.4 Å². The van der Waals surface area contributed by atoms with Gasteiger partial charge in [-0.25, -0.2) is 0 Å². The second-order valence-corrected chi connectivity index (χ2v) is 11.0. The normalized spacial score (nSPS) is 36.6. The molecule has 1 spiro atoms. The van der Waals surface area contributed by atoms with Gasteiger partial charge in [0.05, 0.1) is 24.5 Å². The summed E-state index contributed by atoms with van der Waals surface area (Å²) in [5, 5.41) is 6.24. The van der Waals surface area contributed by atoms with E-state index in [0.29, 0.717) is 18.2 Å². The Morgan fingerprint density at radius 2 is 1.86 bits per heavy atom. The van der Waals surface area contributed by atoms with E-state index in [4.69, 9.17) is 9.47 Å². The minimum absolute atomic E-state index is 0.0443. The predicted octanol–water partition coefficient (Wildman–Crippen LogP) is 3.03. The molecule has 4 fully saturated rings. The number of hydrogen-bond donors (Lipinski definition) is 2. The standard InChI is InChI=1S/C28H35N3O5/c1-3-35-19-12-8-17(9-13-19)29-25(32)22-21-14-15-28(36-21)23(22)27(34)31(18-10-11-18)24(28)26(33)30-20-7-5-4-6-16(20)2/h8-9,12-16,18,20-24H,3-7,10-11H2,1-2H3,(H,29,32)(H,30,33)/t16?,20?,21-,22?,23-,24?,28?/m1/s1. The van der Waals surface area contributed by atoms with E-state index in [-0.39, 0.29) is 29.8 Å². The van der Waals surface area contributed by atoms with Gasteiger partial charge in [-0.05, 0) is 62.8 Å². The number of rotatable bonds is 7. The van der Waals surface area contributed by atoms with Crippen molar-refractivity contribution in [2.24, 2.45) is 17.8 Å². The fraction of sp³-hybridized carbons (Fsp3) is 0.607. The van der Waals surface area contributed by atoms with Gasteiger partial charge in [0, 0.05) is 17.8 Å². The maximum Gasteiger partial charge on any atom is 0.246 e. The molecule has 2 saturated heterocycles. The van der Waals surface area contributed by atoms with Crippen LogP contribution < -0.4 is 15.4 Å². The van der Waals surface area contributed by atoms with Gasteiger partial charge in [0.15, 0.2) is 0 Å². The Morgan fingerprint density at radius 1 is 1.11 bits per heavy atom. The summed E-state index contributed by atoms with van der Waals surface area (Å²) < 4.78 is 11.9. The fourth-order valence-corrected chi connectivity index (χ4v) is 6.77. The van der Waals surface area contributed by atoms with Crippen molar-refractivity contribution in [2.45, 2.75) is 82.2 Å². The molecule has 36 heavy (non-hydrogen) atoms. The first-order valence-electron chi connectivity index (χ1n) is 13.5. The van der Waals surface area contributed by atoms with Crippen LogP contribution in [0.5, 0.6) is 5.75 Å². The first-order valence-corrected chi connectivity index (χ1v) is 13.5. The van der Waals surface area contributed by atoms with Crippen molar-refractivity contribution in [1.82, 2.24) is 10.2 Å². The van der Waals surface area contributed by atoms with E-state index >= 15 is 0 Å². The number of benzene rings is 1. The van der Waals surface area contributed by atoms with Crippen molar-refractivity contribution in [3.05, 3.63) is 36.4 Å². The van der Waals surface area contributed by atoms with Crippen LogP contribution in [0.3, 0.4) is 0 Å². The van der Waals surface area contributed by atoms with E-state index in [1.807, 2.05) is 19.1 Å². The van der Waals surface area contributed by atoms with Crippen LogP contribution >= 0.6 is 0 Å². The molecule has 5 aliphatic rings. The fourth-order valence-electron chi connectivity index (χ4n) is 6.77. The zero-order valence-corrected chi connectivity index (χ0v) is 20.9. The minimum atomic E-state index is -1.09. The number of likely N-dealkylation sites (tertiary alicyclic amines) is 1. The van der Waals surface area contributed by atoms with Gasteiger partial charge >= 0.3 is 0 Å². The average Bonchev–Trinajstić information content (AvgIpc) is 3.46. The zero-order chi connectivity index (χ0) is 25.0. The van der Waals surface area contributed by atoms with Crippen LogP contribution in [0.4, 0.5) is 5.69 Å². The summed E-state index contributed by atoms with van der Waals surface area (Å²) in [5.74, 6) is -0.773. The maximum absolute atomic E-state index is 13.8. The van der Waals surface area contributed by atoms with Crippen LogP contribution in [0.2, 0.25) is 0 Å². The zero-order valence-electron chi connectivity index (χ0n) is 20.9. The Balaban J connectivity index is 1.25. The number of nitrogens with one attached hydrogen (secondary N) is 2. The molecule has 2 saturated carbocycles. The largest absolute Gasteiger partial charge is 0.494 e. The Bertz CT molecular complexity index is 1080. The highest BCUT2D eigenvalue weighted by Crippen LogP contribution is 2.57. The lowest BCUT2D eigenvalue weighted by Crippen LogP contribution is -2.57. The number of fused-ring (bicyclic) bond motifs is 1. The molecule has 7 atom stereocenters. The van der Waals surface area contributed by atoms with Crippen LogP contribution in [-0.4, -0.2) is 59.1 Å². The molecular formula is C28H35N3O5. The van der Waals surface area contributed by atoms with Gasteiger partial charge in [-0.3, -0.25) is 14.4 Å². The molecule has 1 aromatic carbocycles. The number of ether oxygens (including phenoxy) is 2. The molecule has 6 rings (SSSR count). The number of nitrogens with zero attached hydrogens (tertiary/aromatic N) is 1. The van der Waals surface area contributed by atoms with Crippen molar-refractivity contribution in [2.75, 3.05) is 11.9 Å². The summed E-state index contributed by atoms with van der Waals surface area (Å²) in [7, 11) is 0. The van der Waals surface area contributed by atoms with Crippen molar-refractivity contribution < 1.29 is 23.9 Å². The lowest BCUT2D eigenvalue weighted by Gasteiger charge is -2.36. The molecule has 8 heteroatoms. The van der Waals surface area contributed by atoms with Crippen LogP contribution in [0.1, 0.15) is 52.4 Å². The summed E-state index contributed by atoms with van der Waals surface area (Å²) in [6.45, 7) is 4.67. The smallest absolute Gasteiger partial charge is 0.246 e. The number of carbonyl (C=O) groups is 3. The SMILES string of the molecule is CCOc1ccc(NC(=O)C2[C@H]3C=CC4(O3)C(C(=O)NC3CCCCC3C)N(C3CC3)C(=O)[C@@H]24)cc1. The quantitative estimate of drug-likeness (QED) is 0.569. The predicted molar refractivity (Wildman–Crippen MR) is 133 cm³/mol. The number of amides is 3. The molecule has 1 aromatic rings. The van der Waals surface area contributed by atoms with Gasteiger partial charge in [-0.2, -0.15) is 0 Å². The summed E-state index contributed by atoms with van der Waals surface area (Å²) in [4.78, 5) is 42.9. The van der Waals surface area contributed by atoms with Gasteiger partial charge < -0.3 is 25.0 Å². The minimum Gasteiger partial charge on any atom is -0.494 e. The van der Waals surface area contributed by atoms with Gasteiger partial charge in [-0.15, -0.1) is 0 Å². The first kappa shape index (κ1) is 23.5. The monoisotopic (exact) mass is 493 g/mol. The van der Waals surface area contributed by atoms with Gasteiger partial charge in [0.2, 0.25) is 17.7 Å². The van der Waals surface area contributed by atoms with Gasteiger partial charge in [0.1, 0.15) is 17.4 Å². The van der Waals surface area contributed by atoms with Crippen molar-refractivity contribution >= 4 is 23.4 Å². The Morgan fingerprint density at radius 3 is 2.56 bits per heavy atom. The molecule has 5 unspecified atom stereocenters. The topological polar surface area (TPSA) is 97.0 Å². The van der Waals surface area contributed by atoms with Gasteiger partial charge in [-0.1, -0.05) is 31.9 Å². The molecule has 0 radical (unpaired) electrons. The molecule has 3 amide bonds. The van der Waals surface area contributed by atoms with E-state index in [9.17, 15) is 14.4 Å². The Labute approximate surface area is 211 Å². The van der Waals surface area contributed by atoms with E-state index in [1.165, 1.54) is 6.42 Å².